The predicted octanol–water partition coefficient (Wildman–Crippen LogP) is 0.573. The average Bonchev–Trinajstić information content (AvgIpc) is 2.22. The molecule has 0 aliphatic rings. The Hall–Kier alpha value is -1.10. The maximum absolute atomic E-state index is 11.2. The Labute approximate surface area is 96.7 Å². The fraction of sp³-hybridized carbons (Fsp3) is 0.818. The molecule has 2 amide bonds. The van der Waals surface area contributed by atoms with Crippen LogP contribution in [0.3, 0.4) is 0 Å². The van der Waals surface area contributed by atoms with Crippen molar-refractivity contribution in [2.24, 2.45) is 5.73 Å². The predicted molar refractivity (Wildman–Crippen MR) is 61.8 cm³/mol. The molecule has 1 atom stereocenters. The van der Waals surface area contributed by atoms with Crippen molar-refractivity contribution in [2.75, 3.05) is 13.7 Å². The van der Waals surface area contributed by atoms with E-state index in [1.54, 1.807) is 0 Å². The molecule has 0 bridgehead atoms. The summed E-state index contributed by atoms with van der Waals surface area (Å²) in [5, 5.41) is 2.56. The summed E-state index contributed by atoms with van der Waals surface area (Å²) in [6, 6.07) is -0.570. The Bertz CT molecular complexity index is 219. The third kappa shape index (κ3) is 7.23. The second-order valence-corrected chi connectivity index (χ2v) is 3.80. The first-order valence-corrected chi connectivity index (χ1v) is 5.69. The summed E-state index contributed by atoms with van der Waals surface area (Å²) in [4.78, 5) is 22.3. The summed E-state index contributed by atoms with van der Waals surface area (Å²) in [5.74, 6) is -0.789. The fourth-order valence-corrected chi connectivity index (χ4v) is 1.43. The van der Waals surface area contributed by atoms with Gasteiger partial charge in [-0.3, -0.25) is 9.59 Å². The van der Waals surface area contributed by atoms with Gasteiger partial charge in [-0.25, -0.2) is 0 Å². The molecule has 0 fully saturated rings. The van der Waals surface area contributed by atoms with Crippen LogP contribution in [0.4, 0.5) is 0 Å². The lowest BCUT2D eigenvalue weighted by Crippen LogP contribution is -2.45. The number of hydrogen-bond acceptors (Lipinski definition) is 3. The molecule has 0 saturated heterocycles. The quantitative estimate of drug-likeness (QED) is 0.568. The number of methoxy groups -OCH3 is 1. The van der Waals surface area contributed by atoms with Gasteiger partial charge in [-0.05, 0) is 6.42 Å². The number of unbranched alkanes of at least 4 members (excludes halogenated alkanes) is 3. The van der Waals surface area contributed by atoms with E-state index in [1.807, 2.05) is 0 Å². The summed E-state index contributed by atoms with van der Waals surface area (Å²) in [6.07, 6.45) is 4.83. The van der Waals surface area contributed by atoms with Gasteiger partial charge in [-0.1, -0.05) is 32.6 Å². The van der Waals surface area contributed by atoms with E-state index >= 15 is 0 Å². The Morgan fingerprint density at radius 1 is 1.31 bits per heavy atom. The number of nitrogens with two attached hydrogens (primary N) is 1. The molecule has 0 heterocycles. The first-order valence-electron chi connectivity index (χ1n) is 5.69. The topological polar surface area (TPSA) is 81.4 Å². The molecule has 0 aromatic heterocycles. The van der Waals surface area contributed by atoms with Gasteiger partial charge in [0.1, 0.15) is 12.6 Å². The standard InChI is InChI=1S/C11H22N2O3/c1-3-4-5-6-7-9(11(12)15)13-10(14)8-16-2/h9H,3-8H2,1-2H3,(H2,12,15)(H,13,14)/t9-/m0/s1. The summed E-state index contributed by atoms with van der Waals surface area (Å²) in [6.45, 7) is 2.07. The van der Waals surface area contributed by atoms with Crippen LogP contribution in [0.15, 0.2) is 0 Å². The molecule has 0 saturated carbocycles. The highest BCUT2D eigenvalue weighted by Gasteiger charge is 2.16. The lowest BCUT2D eigenvalue weighted by atomic mass is 10.1. The van der Waals surface area contributed by atoms with E-state index in [1.165, 1.54) is 7.11 Å². The number of nitrogens with one attached hydrogen (secondary N) is 1. The zero-order chi connectivity index (χ0) is 12.4. The van der Waals surface area contributed by atoms with Gasteiger partial charge >= 0.3 is 0 Å². The van der Waals surface area contributed by atoms with Crippen molar-refractivity contribution >= 4 is 11.8 Å². The van der Waals surface area contributed by atoms with Crippen molar-refractivity contribution < 1.29 is 14.3 Å². The second kappa shape index (κ2) is 9.15. The maximum Gasteiger partial charge on any atom is 0.246 e. The van der Waals surface area contributed by atoms with E-state index in [2.05, 4.69) is 17.0 Å². The highest BCUT2D eigenvalue weighted by molar-refractivity contribution is 5.86. The Kier molecular flexibility index (Phi) is 8.52. The Morgan fingerprint density at radius 2 is 2.00 bits per heavy atom. The summed E-state index contributed by atoms with van der Waals surface area (Å²) >= 11 is 0. The van der Waals surface area contributed by atoms with Crippen LogP contribution in [0.1, 0.15) is 39.0 Å². The van der Waals surface area contributed by atoms with E-state index in [9.17, 15) is 9.59 Å². The minimum Gasteiger partial charge on any atom is -0.375 e. The third-order valence-corrected chi connectivity index (χ3v) is 2.30. The molecule has 0 spiro atoms. The van der Waals surface area contributed by atoms with Crippen LogP contribution in [-0.4, -0.2) is 31.6 Å². The molecule has 16 heavy (non-hydrogen) atoms. The number of carbonyl (C=O) groups is 2. The summed E-state index contributed by atoms with van der Waals surface area (Å²) in [7, 11) is 1.43. The van der Waals surface area contributed by atoms with Gasteiger partial charge in [-0.2, -0.15) is 0 Å². The van der Waals surface area contributed by atoms with E-state index < -0.39 is 11.9 Å². The van der Waals surface area contributed by atoms with Crippen LogP contribution in [0, 0.1) is 0 Å². The van der Waals surface area contributed by atoms with Gasteiger partial charge in [0.05, 0.1) is 0 Å². The second-order valence-electron chi connectivity index (χ2n) is 3.80. The van der Waals surface area contributed by atoms with Crippen LogP contribution in [-0.2, 0) is 14.3 Å². The van der Waals surface area contributed by atoms with Crippen LogP contribution in [0.25, 0.3) is 0 Å². The number of hydrogen-bond donors (Lipinski definition) is 2. The Balaban J connectivity index is 3.88. The van der Waals surface area contributed by atoms with E-state index in [0.717, 1.165) is 25.7 Å². The van der Waals surface area contributed by atoms with Crippen LogP contribution in [0.5, 0.6) is 0 Å². The number of carbonyl (C=O) groups excluding carboxylic acids is 2. The summed E-state index contributed by atoms with van der Waals surface area (Å²) in [5.41, 5.74) is 5.20. The summed E-state index contributed by atoms with van der Waals surface area (Å²) < 4.78 is 4.66. The third-order valence-electron chi connectivity index (χ3n) is 2.30. The van der Waals surface area contributed by atoms with Gasteiger partial charge in [0, 0.05) is 7.11 Å². The van der Waals surface area contributed by atoms with Crippen molar-refractivity contribution in [1.82, 2.24) is 5.32 Å². The fourth-order valence-electron chi connectivity index (χ4n) is 1.43. The molecule has 0 aromatic rings. The molecule has 94 valence electrons. The van der Waals surface area contributed by atoms with E-state index in [-0.39, 0.29) is 12.5 Å². The van der Waals surface area contributed by atoms with Crippen LogP contribution >= 0.6 is 0 Å². The first-order chi connectivity index (χ1) is 7.61. The number of primary amides is 1. The smallest absolute Gasteiger partial charge is 0.246 e. The molecular formula is C11H22N2O3. The van der Waals surface area contributed by atoms with Crippen LogP contribution < -0.4 is 11.1 Å². The van der Waals surface area contributed by atoms with Crippen molar-refractivity contribution in [3.05, 3.63) is 0 Å². The lowest BCUT2D eigenvalue weighted by molar-refractivity contribution is -0.129. The largest absolute Gasteiger partial charge is 0.375 e. The monoisotopic (exact) mass is 230 g/mol. The SMILES string of the molecule is CCCCCC[C@H](NC(=O)COC)C(N)=O. The molecule has 5 nitrogen and oxygen atoms in total. The molecule has 0 aromatic carbocycles. The highest BCUT2D eigenvalue weighted by Crippen LogP contribution is 2.05. The van der Waals surface area contributed by atoms with E-state index in [4.69, 9.17) is 5.73 Å². The zero-order valence-corrected chi connectivity index (χ0v) is 10.1. The average molecular weight is 230 g/mol. The van der Waals surface area contributed by atoms with Crippen LogP contribution in [0.2, 0.25) is 0 Å². The maximum atomic E-state index is 11.2. The van der Waals surface area contributed by atoms with E-state index in [0.29, 0.717) is 6.42 Å². The van der Waals surface area contributed by atoms with Gasteiger partial charge in [0.25, 0.3) is 0 Å². The molecule has 0 aliphatic heterocycles. The Morgan fingerprint density at radius 3 is 2.50 bits per heavy atom. The van der Waals surface area contributed by atoms with Crippen molar-refractivity contribution in [3.8, 4) is 0 Å². The van der Waals surface area contributed by atoms with Gasteiger partial charge in [0.2, 0.25) is 11.8 Å². The molecule has 5 heteroatoms. The number of ether oxygens (including phenoxy) is 1. The molecular weight excluding hydrogens is 208 g/mol. The highest BCUT2D eigenvalue weighted by atomic mass is 16.5. The molecule has 0 rings (SSSR count). The number of rotatable bonds is 9. The lowest BCUT2D eigenvalue weighted by Gasteiger charge is -2.14. The molecule has 0 unspecified atom stereocenters. The minimum absolute atomic E-state index is 0.0429. The van der Waals surface area contributed by atoms with Crippen molar-refractivity contribution in [2.45, 2.75) is 45.1 Å². The molecule has 0 aliphatic carbocycles. The molecule has 3 N–H and O–H groups in total. The first kappa shape index (κ1) is 14.9. The normalized spacial score (nSPS) is 12.1. The minimum atomic E-state index is -0.570. The molecule has 0 radical (unpaired) electrons. The van der Waals surface area contributed by atoms with Gasteiger partial charge in [0.15, 0.2) is 0 Å². The zero-order valence-electron chi connectivity index (χ0n) is 10.1. The van der Waals surface area contributed by atoms with Gasteiger partial charge in [-0.15, -0.1) is 0 Å². The number of amides is 2. The van der Waals surface area contributed by atoms with Crippen molar-refractivity contribution in [3.63, 3.8) is 0 Å². The van der Waals surface area contributed by atoms with Crippen molar-refractivity contribution in [1.29, 1.82) is 0 Å². The van der Waals surface area contributed by atoms with Gasteiger partial charge < -0.3 is 15.8 Å².